The minimum atomic E-state index is -0.392. The van der Waals surface area contributed by atoms with Gasteiger partial charge in [-0.25, -0.2) is 0 Å². The van der Waals surface area contributed by atoms with Gasteiger partial charge in [-0.1, -0.05) is 5.16 Å². The average molecular weight is 329 g/mol. The maximum absolute atomic E-state index is 12.2. The second-order valence-corrected chi connectivity index (χ2v) is 5.68. The number of rotatable bonds is 4. The number of carbonyl (C=O) groups is 2. The number of aromatic nitrogens is 1. The standard InChI is InChI=1S/C17H19N3O4/c1-11-9-15(24-19-11)17(22)18-12-6-7-14(23-2)13(10-12)20-8-4-3-5-16(20)21/h6-7,9-10H,3-5,8H2,1-2H3,(H,18,22). The number of hydrogen-bond acceptors (Lipinski definition) is 5. The average Bonchev–Trinajstić information content (AvgIpc) is 3.02. The quantitative estimate of drug-likeness (QED) is 0.932. The van der Waals surface area contributed by atoms with Crippen LogP contribution in [-0.2, 0) is 4.79 Å². The molecule has 1 N–H and O–H groups in total. The third-order valence-corrected chi connectivity index (χ3v) is 3.90. The summed E-state index contributed by atoms with van der Waals surface area (Å²) in [6, 6.07) is 6.76. The molecule has 1 aromatic carbocycles. The van der Waals surface area contributed by atoms with Crippen molar-refractivity contribution >= 4 is 23.2 Å². The van der Waals surface area contributed by atoms with E-state index in [4.69, 9.17) is 9.26 Å². The summed E-state index contributed by atoms with van der Waals surface area (Å²) in [5, 5.41) is 6.45. The van der Waals surface area contributed by atoms with Gasteiger partial charge in [0, 0.05) is 24.7 Å². The molecule has 7 nitrogen and oxygen atoms in total. The Morgan fingerprint density at radius 1 is 1.33 bits per heavy atom. The fourth-order valence-corrected chi connectivity index (χ4v) is 2.70. The third kappa shape index (κ3) is 3.24. The fraction of sp³-hybridized carbons (Fsp3) is 0.353. The summed E-state index contributed by atoms with van der Waals surface area (Å²) < 4.78 is 10.3. The van der Waals surface area contributed by atoms with E-state index in [1.807, 2.05) is 0 Å². The Hall–Kier alpha value is -2.83. The lowest BCUT2D eigenvalue weighted by Crippen LogP contribution is -2.35. The summed E-state index contributed by atoms with van der Waals surface area (Å²) in [6.07, 6.45) is 2.37. The van der Waals surface area contributed by atoms with E-state index in [9.17, 15) is 9.59 Å². The minimum Gasteiger partial charge on any atom is -0.495 e. The summed E-state index contributed by atoms with van der Waals surface area (Å²) in [5.74, 6) is 0.406. The molecule has 1 aliphatic heterocycles. The molecule has 7 heteroatoms. The van der Waals surface area contributed by atoms with Gasteiger partial charge in [0.05, 0.1) is 18.5 Å². The lowest BCUT2D eigenvalue weighted by Gasteiger charge is -2.28. The first-order chi connectivity index (χ1) is 11.6. The smallest absolute Gasteiger partial charge is 0.294 e. The number of carbonyl (C=O) groups excluding carboxylic acids is 2. The van der Waals surface area contributed by atoms with Crippen LogP contribution in [0.4, 0.5) is 11.4 Å². The number of nitrogens with zero attached hydrogens (tertiary/aromatic N) is 2. The van der Waals surface area contributed by atoms with Gasteiger partial charge in [0.15, 0.2) is 0 Å². The van der Waals surface area contributed by atoms with Crippen LogP contribution in [-0.4, -0.2) is 30.6 Å². The van der Waals surface area contributed by atoms with Crippen molar-refractivity contribution in [2.45, 2.75) is 26.2 Å². The monoisotopic (exact) mass is 329 g/mol. The third-order valence-electron chi connectivity index (χ3n) is 3.90. The van der Waals surface area contributed by atoms with Crippen molar-refractivity contribution in [2.24, 2.45) is 0 Å². The number of aryl methyl sites for hydroxylation is 1. The van der Waals surface area contributed by atoms with Gasteiger partial charge < -0.3 is 19.5 Å². The molecule has 0 spiro atoms. The van der Waals surface area contributed by atoms with Crippen molar-refractivity contribution in [3.8, 4) is 5.75 Å². The molecule has 1 saturated heterocycles. The van der Waals surface area contributed by atoms with Gasteiger partial charge in [0.1, 0.15) is 5.75 Å². The molecule has 0 atom stereocenters. The lowest BCUT2D eigenvalue weighted by molar-refractivity contribution is -0.119. The normalized spacial score (nSPS) is 14.6. The Morgan fingerprint density at radius 2 is 2.17 bits per heavy atom. The van der Waals surface area contributed by atoms with E-state index in [2.05, 4.69) is 10.5 Å². The van der Waals surface area contributed by atoms with Crippen molar-refractivity contribution in [3.63, 3.8) is 0 Å². The van der Waals surface area contributed by atoms with Crippen molar-refractivity contribution in [2.75, 3.05) is 23.9 Å². The number of hydrogen-bond donors (Lipinski definition) is 1. The zero-order chi connectivity index (χ0) is 17.1. The van der Waals surface area contributed by atoms with Crippen LogP contribution in [0, 0.1) is 6.92 Å². The van der Waals surface area contributed by atoms with Gasteiger partial charge in [-0.05, 0) is 38.0 Å². The first-order valence-corrected chi connectivity index (χ1v) is 7.81. The van der Waals surface area contributed by atoms with Crippen LogP contribution in [0.15, 0.2) is 28.8 Å². The van der Waals surface area contributed by atoms with Crippen LogP contribution in [0.3, 0.4) is 0 Å². The molecular formula is C17H19N3O4. The summed E-state index contributed by atoms with van der Waals surface area (Å²) in [7, 11) is 1.56. The highest BCUT2D eigenvalue weighted by Gasteiger charge is 2.23. The van der Waals surface area contributed by atoms with Crippen LogP contribution in [0.2, 0.25) is 0 Å². The van der Waals surface area contributed by atoms with E-state index in [-0.39, 0.29) is 11.7 Å². The topological polar surface area (TPSA) is 84.7 Å². The molecule has 0 aliphatic carbocycles. The van der Waals surface area contributed by atoms with Gasteiger partial charge >= 0.3 is 0 Å². The molecule has 0 unspecified atom stereocenters. The largest absolute Gasteiger partial charge is 0.495 e. The highest BCUT2D eigenvalue weighted by molar-refractivity contribution is 6.03. The minimum absolute atomic E-state index is 0.0638. The Balaban J connectivity index is 1.85. The second-order valence-electron chi connectivity index (χ2n) is 5.68. The van der Waals surface area contributed by atoms with Gasteiger partial charge in [0.25, 0.3) is 5.91 Å². The van der Waals surface area contributed by atoms with Gasteiger partial charge in [0.2, 0.25) is 11.7 Å². The number of piperidine rings is 1. The predicted molar refractivity (Wildman–Crippen MR) is 88.4 cm³/mol. The van der Waals surface area contributed by atoms with Crippen LogP contribution in [0.5, 0.6) is 5.75 Å². The fourth-order valence-electron chi connectivity index (χ4n) is 2.70. The van der Waals surface area contributed by atoms with E-state index < -0.39 is 5.91 Å². The number of amides is 2. The summed E-state index contributed by atoms with van der Waals surface area (Å²) in [6.45, 7) is 2.39. The first-order valence-electron chi connectivity index (χ1n) is 7.81. The zero-order valence-corrected chi connectivity index (χ0v) is 13.7. The Bertz CT molecular complexity index is 769. The summed E-state index contributed by atoms with van der Waals surface area (Å²) in [5.41, 5.74) is 1.85. The molecular weight excluding hydrogens is 310 g/mol. The molecule has 0 saturated carbocycles. The molecule has 126 valence electrons. The highest BCUT2D eigenvalue weighted by atomic mass is 16.5. The molecule has 3 rings (SSSR count). The van der Waals surface area contributed by atoms with Crippen LogP contribution < -0.4 is 15.0 Å². The Labute approximate surface area is 139 Å². The maximum atomic E-state index is 12.2. The Kier molecular flexibility index (Phi) is 4.50. The van der Waals surface area contributed by atoms with Crippen molar-refractivity contribution in [3.05, 3.63) is 35.7 Å². The maximum Gasteiger partial charge on any atom is 0.294 e. The van der Waals surface area contributed by atoms with Crippen molar-refractivity contribution in [1.82, 2.24) is 5.16 Å². The molecule has 1 aromatic heterocycles. The summed E-state index contributed by atoms with van der Waals surface area (Å²) >= 11 is 0. The van der Waals surface area contributed by atoms with Gasteiger partial charge in [-0.2, -0.15) is 0 Å². The zero-order valence-electron chi connectivity index (χ0n) is 13.7. The van der Waals surface area contributed by atoms with Gasteiger partial charge in [-0.15, -0.1) is 0 Å². The lowest BCUT2D eigenvalue weighted by atomic mass is 10.1. The van der Waals surface area contributed by atoms with Crippen LogP contribution >= 0.6 is 0 Å². The molecule has 2 heterocycles. The second kappa shape index (κ2) is 6.74. The van der Waals surface area contributed by atoms with Crippen molar-refractivity contribution in [1.29, 1.82) is 0 Å². The molecule has 1 fully saturated rings. The number of benzene rings is 1. The van der Waals surface area contributed by atoms with E-state index in [1.54, 1.807) is 43.2 Å². The SMILES string of the molecule is COc1ccc(NC(=O)c2cc(C)no2)cc1N1CCCCC1=O. The molecule has 1 aliphatic rings. The number of nitrogens with one attached hydrogen (secondary N) is 1. The number of methoxy groups -OCH3 is 1. The summed E-state index contributed by atoms with van der Waals surface area (Å²) in [4.78, 5) is 26.1. The predicted octanol–water partition coefficient (Wildman–Crippen LogP) is 2.76. The first kappa shape index (κ1) is 16.0. The molecule has 0 radical (unpaired) electrons. The highest BCUT2D eigenvalue weighted by Crippen LogP contribution is 2.33. The van der Waals surface area contributed by atoms with Crippen LogP contribution in [0.25, 0.3) is 0 Å². The molecule has 0 bridgehead atoms. The van der Waals surface area contributed by atoms with Crippen LogP contribution in [0.1, 0.15) is 35.5 Å². The molecule has 24 heavy (non-hydrogen) atoms. The van der Waals surface area contributed by atoms with E-state index >= 15 is 0 Å². The van der Waals surface area contributed by atoms with E-state index in [0.717, 1.165) is 12.8 Å². The molecule has 2 amide bonds. The van der Waals surface area contributed by atoms with E-state index in [0.29, 0.717) is 35.8 Å². The Morgan fingerprint density at radius 3 is 2.83 bits per heavy atom. The molecule has 2 aromatic rings. The number of anilines is 2. The van der Waals surface area contributed by atoms with E-state index in [1.165, 1.54) is 0 Å². The number of ether oxygens (including phenoxy) is 1. The van der Waals surface area contributed by atoms with Crippen molar-refractivity contribution < 1.29 is 18.8 Å². The van der Waals surface area contributed by atoms with Gasteiger partial charge in [-0.3, -0.25) is 9.59 Å².